The second-order valence-electron chi connectivity index (χ2n) is 6.90. The Morgan fingerprint density at radius 1 is 1.16 bits per heavy atom. The fraction of sp³-hybridized carbons (Fsp3) is 0.238. The topological polar surface area (TPSA) is 119 Å². The highest BCUT2D eigenvalue weighted by Crippen LogP contribution is 2.25. The molecule has 3 heterocycles. The van der Waals surface area contributed by atoms with Crippen LogP contribution in [0.5, 0.6) is 5.75 Å². The summed E-state index contributed by atoms with van der Waals surface area (Å²) < 4.78 is 9.20. The van der Waals surface area contributed by atoms with Crippen molar-refractivity contribution in [3.05, 3.63) is 55.0 Å². The fourth-order valence-electron chi connectivity index (χ4n) is 3.17. The number of amides is 1. The number of benzene rings is 1. The van der Waals surface area contributed by atoms with E-state index in [9.17, 15) is 4.79 Å². The van der Waals surface area contributed by atoms with E-state index in [2.05, 4.69) is 41.7 Å². The van der Waals surface area contributed by atoms with E-state index in [1.165, 1.54) is 0 Å². The van der Waals surface area contributed by atoms with Crippen molar-refractivity contribution in [3.63, 3.8) is 0 Å². The molecule has 0 saturated carbocycles. The van der Waals surface area contributed by atoms with Gasteiger partial charge in [0.2, 0.25) is 5.95 Å². The molecule has 0 bridgehead atoms. The number of alkyl halides is 1. The molecule has 0 radical (unpaired) electrons. The van der Waals surface area contributed by atoms with Crippen LogP contribution in [-0.2, 0) is 6.54 Å². The predicted octanol–water partition coefficient (Wildman–Crippen LogP) is 3.77. The van der Waals surface area contributed by atoms with Crippen LogP contribution in [0, 0.1) is 0 Å². The third kappa shape index (κ3) is 5.35. The molecular formula is C21H22BrN7O3. The normalized spacial score (nSPS) is 10.9. The van der Waals surface area contributed by atoms with Gasteiger partial charge in [-0.05, 0) is 42.8 Å². The van der Waals surface area contributed by atoms with Crippen molar-refractivity contribution in [2.75, 3.05) is 23.8 Å². The molecule has 4 rings (SSSR count). The molecule has 32 heavy (non-hydrogen) atoms. The van der Waals surface area contributed by atoms with Crippen molar-refractivity contribution >= 4 is 39.2 Å². The fourth-order valence-corrected chi connectivity index (χ4v) is 3.33. The van der Waals surface area contributed by atoms with Gasteiger partial charge in [-0.3, -0.25) is 4.68 Å². The Balaban J connectivity index is 1.45. The first kappa shape index (κ1) is 21.6. The minimum Gasteiger partial charge on any atom is -0.493 e. The number of anilines is 2. The average Bonchev–Trinajstić information content (AvgIpc) is 3.42. The van der Waals surface area contributed by atoms with Crippen LogP contribution in [-0.4, -0.2) is 54.1 Å². The van der Waals surface area contributed by atoms with Gasteiger partial charge in [0.1, 0.15) is 5.75 Å². The van der Waals surface area contributed by atoms with E-state index < -0.39 is 6.09 Å². The summed E-state index contributed by atoms with van der Waals surface area (Å²) in [5.41, 5.74) is 3.59. The van der Waals surface area contributed by atoms with Crippen molar-refractivity contribution in [2.24, 2.45) is 0 Å². The Hall–Kier alpha value is -3.60. The van der Waals surface area contributed by atoms with Crippen LogP contribution >= 0.6 is 15.9 Å². The quantitative estimate of drug-likeness (QED) is 0.224. The first-order chi connectivity index (χ1) is 15.6. The van der Waals surface area contributed by atoms with Crippen LogP contribution in [0.25, 0.3) is 16.8 Å². The van der Waals surface area contributed by atoms with E-state index in [0.717, 1.165) is 33.5 Å². The molecule has 3 N–H and O–H groups in total. The Labute approximate surface area is 192 Å². The molecule has 10 nitrogen and oxygen atoms in total. The number of aromatic nitrogens is 5. The van der Waals surface area contributed by atoms with Gasteiger partial charge >= 0.3 is 6.09 Å². The Morgan fingerprint density at radius 3 is 2.78 bits per heavy atom. The zero-order valence-electron chi connectivity index (χ0n) is 17.1. The summed E-state index contributed by atoms with van der Waals surface area (Å²) in [5, 5.41) is 23.8. The number of aryl methyl sites for hydroxylation is 1. The van der Waals surface area contributed by atoms with Crippen molar-refractivity contribution in [1.29, 1.82) is 0 Å². The van der Waals surface area contributed by atoms with E-state index in [1.54, 1.807) is 17.1 Å². The third-order valence-electron chi connectivity index (χ3n) is 4.62. The maximum Gasteiger partial charge on any atom is 0.404 e. The van der Waals surface area contributed by atoms with Crippen LogP contribution in [0.1, 0.15) is 6.42 Å². The summed E-state index contributed by atoms with van der Waals surface area (Å²) in [4.78, 5) is 14.9. The van der Waals surface area contributed by atoms with E-state index in [-0.39, 0.29) is 0 Å². The SMILES string of the molecule is O=C(O)NCCCn1cc(Nc2ncc3ccc(-c4ccc(OCCBr)cc4)n3n2)cn1. The largest absolute Gasteiger partial charge is 0.493 e. The molecule has 1 amide bonds. The smallest absolute Gasteiger partial charge is 0.404 e. The number of ether oxygens (including phenoxy) is 1. The standard InChI is InChI=1S/C21H22BrN7O3/c22-8-11-32-18-5-2-15(3-6-18)19-7-4-17-13-24-20(27-29(17)19)26-16-12-25-28(14-16)10-1-9-23-21(30)31/h2-7,12-14,23H,1,8-11H2,(H,26,27)(H,30,31). The number of carbonyl (C=O) groups is 1. The molecule has 0 atom stereocenters. The average molecular weight is 500 g/mol. The minimum absolute atomic E-state index is 0.373. The first-order valence-electron chi connectivity index (χ1n) is 10.0. The van der Waals surface area contributed by atoms with Crippen molar-refractivity contribution in [1.82, 2.24) is 29.7 Å². The van der Waals surface area contributed by atoms with Gasteiger partial charge in [-0.1, -0.05) is 15.9 Å². The molecule has 0 saturated heterocycles. The number of fused-ring (bicyclic) bond motifs is 1. The van der Waals surface area contributed by atoms with Gasteiger partial charge in [-0.2, -0.15) is 5.10 Å². The molecule has 0 spiro atoms. The highest BCUT2D eigenvalue weighted by atomic mass is 79.9. The van der Waals surface area contributed by atoms with Crippen LogP contribution < -0.4 is 15.4 Å². The lowest BCUT2D eigenvalue weighted by Crippen LogP contribution is -2.22. The van der Waals surface area contributed by atoms with Crippen LogP contribution in [0.4, 0.5) is 16.4 Å². The second kappa shape index (κ2) is 10.1. The minimum atomic E-state index is -1.02. The van der Waals surface area contributed by atoms with Gasteiger partial charge in [-0.25, -0.2) is 14.3 Å². The molecule has 1 aromatic carbocycles. The molecular weight excluding hydrogens is 478 g/mol. The lowest BCUT2D eigenvalue weighted by molar-refractivity contribution is 0.194. The number of halogens is 1. The molecule has 0 aliphatic heterocycles. The summed E-state index contributed by atoms with van der Waals surface area (Å²) in [5.74, 6) is 1.26. The molecule has 166 valence electrons. The summed E-state index contributed by atoms with van der Waals surface area (Å²) in [7, 11) is 0. The summed E-state index contributed by atoms with van der Waals surface area (Å²) in [6, 6.07) is 11.9. The van der Waals surface area contributed by atoms with Crippen molar-refractivity contribution in [2.45, 2.75) is 13.0 Å². The maximum atomic E-state index is 10.5. The zero-order valence-corrected chi connectivity index (χ0v) is 18.7. The highest BCUT2D eigenvalue weighted by Gasteiger charge is 2.09. The summed E-state index contributed by atoms with van der Waals surface area (Å²) in [6.45, 7) is 1.59. The Kier molecular flexibility index (Phi) is 6.85. The number of hydrogen-bond donors (Lipinski definition) is 3. The molecule has 4 aromatic rings. The number of nitrogens with zero attached hydrogens (tertiary/aromatic N) is 5. The van der Waals surface area contributed by atoms with Gasteiger partial charge in [-0.15, -0.1) is 5.10 Å². The van der Waals surface area contributed by atoms with E-state index in [4.69, 9.17) is 9.84 Å². The van der Waals surface area contributed by atoms with Gasteiger partial charge in [0, 0.05) is 30.2 Å². The zero-order chi connectivity index (χ0) is 22.3. The number of rotatable bonds is 10. The van der Waals surface area contributed by atoms with Crippen molar-refractivity contribution in [3.8, 4) is 17.0 Å². The van der Waals surface area contributed by atoms with Crippen molar-refractivity contribution < 1.29 is 14.6 Å². The van der Waals surface area contributed by atoms with Gasteiger partial charge < -0.3 is 20.5 Å². The maximum absolute atomic E-state index is 10.5. The van der Waals surface area contributed by atoms with Gasteiger partial charge in [0.15, 0.2) is 0 Å². The van der Waals surface area contributed by atoms with Crippen LogP contribution in [0.2, 0.25) is 0 Å². The first-order valence-corrected chi connectivity index (χ1v) is 11.1. The molecule has 0 aliphatic carbocycles. The molecule has 0 unspecified atom stereocenters. The highest BCUT2D eigenvalue weighted by molar-refractivity contribution is 9.09. The van der Waals surface area contributed by atoms with E-state index in [1.807, 2.05) is 47.1 Å². The van der Waals surface area contributed by atoms with Gasteiger partial charge in [0.05, 0.1) is 35.9 Å². The summed E-state index contributed by atoms with van der Waals surface area (Å²) >= 11 is 3.35. The van der Waals surface area contributed by atoms with Gasteiger partial charge in [0.25, 0.3) is 0 Å². The number of carboxylic acid groups (broad SMARTS) is 1. The molecule has 0 fully saturated rings. The molecule has 0 aliphatic rings. The van der Waals surface area contributed by atoms with E-state index >= 15 is 0 Å². The Morgan fingerprint density at radius 2 is 2.00 bits per heavy atom. The number of hydrogen-bond acceptors (Lipinski definition) is 6. The third-order valence-corrected chi connectivity index (χ3v) is 4.95. The Bertz CT molecular complexity index is 1190. The lowest BCUT2D eigenvalue weighted by Gasteiger charge is -2.07. The van der Waals surface area contributed by atoms with Crippen LogP contribution in [0.3, 0.4) is 0 Å². The molecule has 11 heteroatoms. The number of nitrogens with one attached hydrogen (secondary N) is 2. The molecule has 3 aromatic heterocycles. The predicted molar refractivity (Wildman–Crippen MR) is 124 cm³/mol. The van der Waals surface area contributed by atoms with E-state index in [0.29, 0.717) is 32.1 Å². The lowest BCUT2D eigenvalue weighted by atomic mass is 10.1. The van der Waals surface area contributed by atoms with Crippen LogP contribution in [0.15, 0.2) is 55.0 Å². The summed E-state index contributed by atoms with van der Waals surface area (Å²) in [6.07, 6.45) is 4.89. The second-order valence-corrected chi connectivity index (χ2v) is 7.69. The monoisotopic (exact) mass is 499 g/mol.